The molecular weight excluding hydrogens is 420 g/mol. The lowest BCUT2D eigenvalue weighted by Gasteiger charge is -2.18. The lowest BCUT2D eigenvalue weighted by atomic mass is 9.89. The highest BCUT2D eigenvalue weighted by molar-refractivity contribution is 7.99. The summed E-state index contributed by atoms with van der Waals surface area (Å²) in [4.78, 5) is 45.9. The zero-order valence-corrected chi connectivity index (χ0v) is 19.3. The standard InChI is InChI=1S/C21H28N4O3S2/c1-12(2)6-8-25-19(27)17-14-5-4-13(3)10-15(14)30-18(17)23-21(25)29-11-16(26)24-9-7-22-20(24)28/h12-13H,4-11H2,1-3H3,(H,22,28). The number of hydrogen-bond donors (Lipinski definition) is 1. The highest BCUT2D eigenvalue weighted by Crippen LogP contribution is 2.36. The van der Waals surface area contributed by atoms with E-state index in [1.54, 1.807) is 15.9 Å². The number of thiophene rings is 1. The van der Waals surface area contributed by atoms with Gasteiger partial charge in [0.05, 0.1) is 11.1 Å². The van der Waals surface area contributed by atoms with Crippen LogP contribution in [-0.4, -0.2) is 45.2 Å². The first-order valence-corrected chi connectivity index (χ1v) is 12.4. The van der Waals surface area contributed by atoms with Gasteiger partial charge in [-0.2, -0.15) is 0 Å². The first kappa shape index (κ1) is 21.4. The third-order valence-corrected chi connectivity index (χ3v) is 7.90. The summed E-state index contributed by atoms with van der Waals surface area (Å²) in [7, 11) is 0. The number of nitrogens with one attached hydrogen (secondary N) is 1. The maximum absolute atomic E-state index is 13.5. The Kier molecular flexibility index (Phi) is 6.20. The second-order valence-electron chi connectivity index (χ2n) is 8.63. The van der Waals surface area contributed by atoms with Gasteiger partial charge in [0, 0.05) is 24.5 Å². The minimum atomic E-state index is -0.346. The van der Waals surface area contributed by atoms with E-state index in [0.717, 1.165) is 35.9 Å². The predicted octanol–water partition coefficient (Wildman–Crippen LogP) is 3.27. The van der Waals surface area contributed by atoms with E-state index in [2.05, 4.69) is 26.1 Å². The molecule has 4 rings (SSSR count). The van der Waals surface area contributed by atoms with Gasteiger partial charge in [0.1, 0.15) is 4.83 Å². The summed E-state index contributed by atoms with van der Waals surface area (Å²) in [6, 6.07) is -0.346. The molecule has 1 aliphatic carbocycles. The van der Waals surface area contributed by atoms with Gasteiger partial charge in [0.2, 0.25) is 5.91 Å². The van der Waals surface area contributed by atoms with Gasteiger partial charge >= 0.3 is 6.03 Å². The van der Waals surface area contributed by atoms with Gasteiger partial charge in [0.15, 0.2) is 5.16 Å². The van der Waals surface area contributed by atoms with Crippen LogP contribution in [0.1, 0.15) is 44.1 Å². The molecule has 1 unspecified atom stereocenters. The molecule has 2 aromatic heterocycles. The predicted molar refractivity (Wildman–Crippen MR) is 120 cm³/mol. The number of urea groups is 1. The largest absolute Gasteiger partial charge is 0.336 e. The average Bonchev–Trinajstić information content (AvgIpc) is 3.27. The van der Waals surface area contributed by atoms with E-state index >= 15 is 0 Å². The molecule has 162 valence electrons. The Labute approximate surface area is 184 Å². The summed E-state index contributed by atoms with van der Waals surface area (Å²) in [6.45, 7) is 7.98. The zero-order valence-electron chi connectivity index (χ0n) is 17.7. The number of imide groups is 1. The molecule has 1 aliphatic heterocycles. The molecule has 0 saturated carbocycles. The number of rotatable bonds is 6. The van der Waals surface area contributed by atoms with E-state index in [1.807, 2.05) is 0 Å². The van der Waals surface area contributed by atoms with Crippen molar-refractivity contribution >= 4 is 45.3 Å². The minimum Gasteiger partial charge on any atom is -0.336 e. The Morgan fingerprint density at radius 3 is 2.87 bits per heavy atom. The molecule has 30 heavy (non-hydrogen) atoms. The molecule has 0 aromatic carbocycles. The Balaban J connectivity index is 1.68. The highest BCUT2D eigenvalue weighted by Gasteiger charge is 2.28. The molecule has 0 spiro atoms. The lowest BCUT2D eigenvalue weighted by molar-refractivity contribution is -0.124. The van der Waals surface area contributed by atoms with Crippen LogP contribution in [0.2, 0.25) is 0 Å². The SMILES string of the molecule is CC(C)CCn1c(SCC(=O)N2CCNC2=O)nc2sc3c(c2c1=O)CCC(C)C3. The van der Waals surface area contributed by atoms with Crippen LogP contribution < -0.4 is 10.9 Å². The number of aromatic nitrogens is 2. The molecule has 0 radical (unpaired) electrons. The van der Waals surface area contributed by atoms with Crippen molar-refractivity contribution in [3.8, 4) is 0 Å². The highest BCUT2D eigenvalue weighted by atomic mass is 32.2. The number of carbonyl (C=O) groups is 2. The van der Waals surface area contributed by atoms with Crippen molar-refractivity contribution in [1.29, 1.82) is 0 Å². The fourth-order valence-corrected chi connectivity index (χ4v) is 6.34. The monoisotopic (exact) mass is 448 g/mol. The lowest BCUT2D eigenvalue weighted by Crippen LogP contribution is -2.35. The second kappa shape index (κ2) is 8.70. The maximum atomic E-state index is 13.5. The Morgan fingerprint density at radius 2 is 2.17 bits per heavy atom. The molecule has 3 heterocycles. The molecule has 2 aliphatic rings. The van der Waals surface area contributed by atoms with Crippen molar-refractivity contribution in [1.82, 2.24) is 19.8 Å². The summed E-state index contributed by atoms with van der Waals surface area (Å²) in [5.41, 5.74) is 1.20. The molecule has 3 amide bonds. The van der Waals surface area contributed by atoms with Crippen LogP contribution in [0.25, 0.3) is 10.2 Å². The number of amides is 3. The quantitative estimate of drug-likeness (QED) is 0.542. The van der Waals surface area contributed by atoms with E-state index in [1.165, 1.54) is 27.1 Å². The van der Waals surface area contributed by atoms with E-state index in [-0.39, 0.29) is 23.3 Å². The van der Waals surface area contributed by atoms with Crippen molar-refractivity contribution < 1.29 is 9.59 Å². The summed E-state index contributed by atoms with van der Waals surface area (Å²) >= 11 is 2.89. The molecule has 9 heteroatoms. The number of hydrogen-bond acceptors (Lipinski definition) is 6. The Bertz CT molecular complexity index is 1040. The first-order valence-electron chi connectivity index (χ1n) is 10.6. The molecule has 2 aromatic rings. The van der Waals surface area contributed by atoms with Crippen LogP contribution in [0.5, 0.6) is 0 Å². The van der Waals surface area contributed by atoms with Gasteiger partial charge in [-0.1, -0.05) is 32.5 Å². The fraction of sp³-hybridized carbons (Fsp3) is 0.619. The van der Waals surface area contributed by atoms with E-state index in [4.69, 9.17) is 4.98 Å². The van der Waals surface area contributed by atoms with Crippen molar-refractivity contribution in [3.05, 3.63) is 20.8 Å². The van der Waals surface area contributed by atoms with Crippen LogP contribution in [0.4, 0.5) is 4.79 Å². The van der Waals surface area contributed by atoms with Crippen molar-refractivity contribution in [2.45, 2.75) is 58.2 Å². The molecule has 1 N–H and O–H groups in total. The van der Waals surface area contributed by atoms with E-state index in [0.29, 0.717) is 36.6 Å². The number of carbonyl (C=O) groups excluding carboxylic acids is 2. The van der Waals surface area contributed by atoms with Crippen LogP contribution in [0.15, 0.2) is 9.95 Å². The first-order chi connectivity index (χ1) is 14.3. The number of thioether (sulfide) groups is 1. The van der Waals surface area contributed by atoms with E-state index in [9.17, 15) is 14.4 Å². The van der Waals surface area contributed by atoms with Crippen molar-refractivity contribution in [3.63, 3.8) is 0 Å². The van der Waals surface area contributed by atoms with Crippen LogP contribution >= 0.6 is 23.1 Å². The topological polar surface area (TPSA) is 84.3 Å². The third-order valence-electron chi connectivity index (χ3n) is 5.79. The fourth-order valence-electron chi connectivity index (χ4n) is 4.01. The van der Waals surface area contributed by atoms with Gasteiger partial charge in [-0.05, 0) is 43.1 Å². The molecule has 7 nitrogen and oxygen atoms in total. The third kappa shape index (κ3) is 4.14. The van der Waals surface area contributed by atoms with Gasteiger partial charge in [-0.25, -0.2) is 9.78 Å². The van der Waals surface area contributed by atoms with Gasteiger partial charge in [-0.15, -0.1) is 11.3 Å². The van der Waals surface area contributed by atoms with Crippen LogP contribution in [-0.2, 0) is 24.2 Å². The van der Waals surface area contributed by atoms with Gasteiger partial charge in [0.25, 0.3) is 5.56 Å². The zero-order chi connectivity index (χ0) is 21.4. The smallest absolute Gasteiger partial charge is 0.324 e. The Hall–Kier alpha value is -1.87. The van der Waals surface area contributed by atoms with Crippen LogP contribution in [0.3, 0.4) is 0 Å². The van der Waals surface area contributed by atoms with E-state index < -0.39 is 0 Å². The summed E-state index contributed by atoms with van der Waals surface area (Å²) in [5, 5.41) is 4.00. The molecule has 0 bridgehead atoms. The minimum absolute atomic E-state index is 0.0153. The van der Waals surface area contributed by atoms with Crippen LogP contribution in [0, 0.1) is 11.8 Å². The average molecular weight is 449 g/mol. The number of nitrogens with zero attached hydrogens (tertiary/aromatic N) is 3. The maximum Gasteiger partial charge on any atom is 0.324 e. The second-order valence-corrected chi connectivity index (χ2v) is 10.7. The van der Waals surface area contributed by atoms with Gasteiger partial charge in [-0.3, -0.25) is 19.1 Å². The number of fused-ring (bicyclic) bond motifs is 3. The summed E-state index contributed by atoms with van der Waals surface area (Å²) < 4.78 is 1.75. The summed E-state index contributed by atoms with van der Waals surface area (Å²) in [6.07, 6.45) is 3.92. The molecule has 1 atom stereocenters. The summed E-state index contributed by atoms with van der Waals surface area (Å²) in [5.74, 6) is 0.929. The van der Waals surface area contributed by atoms with Gasteiger partial charge < -0.3 is 5.32 Å². The number of aryl methyl sites for hydroxylation is 1. The molecular formula is C21H28N4O3S2. The normalized spacial score (nSPS) is 18.9. The Morgan fingerprint density at radius 1 is 1.37 bits per heavy atom. The molecule has 1 fully saturated rings. The molecule has 1 saturated heterocycles. The van der Waals surface area contributed by atoms with Crippen molar-refractivity contribution in [2.24, 2.45) is 11.8 Å². The van der Waals surface area contributed by atoms with Crippen molar-refractivity contribution in [2.75, 3.05) is 18.8 Å².